The second kappa shape index (κ2) is 9.17. The summed E-state index contributed by atoms with van der Waals surface area (Å²) in [5, 5.41) is 4.27. The Bertz CT molecular complexity index is 1210. The van der Waals surface area contributed by atoms with Crippen LogP contribution in [0.15, 0.2) is 48.6 Å². The van der Waals surface area contributed by atoms with E-state index >= 15 is 0 Å². The lowest BCUT2D eigenvalue weighted by molar-refractivity contribution is -0.0245. The van der Waals surface area contributed by atoms with E-state index in [1.165, 1.54) is 12.4 Å². The van der Waals surface area contributed by atoms with Crippen LogP contribution in [0.3, 0.4) is 0 Å². The van der Waals surface area contributed by atoms with Crippen LogP contribution in [-0.2, 0) is 19.4 Å². The van der Waals surface area contributed by atoms with Gasteiger partial charge in [0, 0.05) is 43.6 Å². The van der Waals surface area contributed by atoms with Crippen molar-refractivity contribution in [2.45, 2.75) is 45.6 Å². The van der Waals surface area contributed by atoms with E-state index in [2.05, 4.69) is 22.0 Å². The maximum absolute atomic E-state index is 14.9. The number of carbonyl (C=O) groups is 1. The number of ketones is 1. The molecule has 0 spiro atoms. The van der Waals surface area contributed by atoms with Crippen molar-refractivity contribution in [1.29, 1.82) is 0 Å². The zero-order chi connectivity index (χ0) is 23.6. The van der Waals surface area contributed by atoms with E-state index in [-0.39, 0.29) is 17.9 Å². The van der Waals surface area contributed by atoms with E-state index in [1.807, 2.05) is 6.20 Å². The van der Waals surface area contributed by atoms with Crippen molar-refractivity contribution in [1.82, 2.24) is 19.7 Å². The van der Waals surface area contributed by atoms with Crippen LogP contribution in [-0.4, -0.2) is 38.1 Å². The molecule has 1 aliphatic carbocycles. The number of benzene rings is 1. The minimum Gasteiger partial charge on any atom is -0.471 e. The van der Waals surface area contributed by atoms with Crippen molar-refractivity contribution in [2.75, 3.05) is 6.61 Å². The Morgan fingerprint density at radius 3 is 2.76 bits per heavy atom. The van der Waals surface area contributed by atoms with E-state index in [4.69, 9.17) is 4.74 Å². The Kier molecular flexibility index (Phi) is 6.31. The molecule has 0 saturated carbocycles. The summed E-state index contributed by atoms with van der Waals surface area (Å²) >= 11 is 0. The molecule has 0 N–H and O–H groups in total. The van der Waals surface area contributed by atoms with Crippen molar-refractivity contribution in [3.63, 3.8) is 0 Å². The van der Waals surface area contributed by atoms with Gasteiger partial charge in [-0.05, 0) is 23.6 Å². The number of rotatable bonds is 8. The number of hydrogen-bond donors (Lipinski definition) is 0. The fraction of sp³-hybridized carbons (Fsp3) is 0.333. The third-order valence-electron chi connectivity index (χ3n) is 5.27. The fourth-order valence-electron chi connectivity index (χ4n) is 3.66. The molecule has 1 aromatic carbocycles. The monoisotopic (exact) mass is 456 g/mol. The van der Waals surface area contributed by atoms with Gasteiger partial charge in [0.25, 0.3) is 5.92 Å². The first kappa shape index (κ1) is 22.7. The van der Waals surface area contributed by atoms with Crippen molar-refractivity contribution in [3.05, 3.63) is 71.2 Å². The molecule has 33 heavy (non-hydrogen) atoms. The lowest BCUT2D eigenvalue weighted by atomic mass is 9.90. The quantitative estimate of drug-likeness (QED) is 0.486. The van der Waals surface area contributed by atoms with Crippen LogP contribution in [0.2, 0.25) is 0 Å². The molecular formula is C24H23F3N4O2. The molecule has 2 heterocycles. The first-order valence-electron chi connectivity index (χ1n) is 10.6. The Morgan fingerprint density at radius 1 is 1.21 bits per heavy atom. The van der Waals surface area contributed by atoms with E-state index in [0.29, 0.717) is 28.8 Å². The van der Waals surface area contributed by atoms with E-state index in [1.54, 1.807) is 29.1 Å². The van der Waals surface area contributed by atoms with E-state index in [9.17, 15) is 18.0 Å². The van der Waals surface area contributed by atoms with Gasteiger partial charge in [-0.25, -0.2) is 23.1 Å². The molecule has 3 aromatic rings. The van der Waals surface area contributed by atoms with Crippen LogP contribution >= 0.6 is 0 Å². The third kappa shape index (κ3) is 5.13. The first-order valence-corrected chi connectivity index (χ1v) is 10.6. The molecule has 0 aliphatic heterocycles. The molecule has 6 nitrogen and oxygen atoms in total. The predicted molar refractivity (Wildman–Crippen MR) is 116 cm³/mol. The number of carbonyl (C=O) groups excluding carboxylic acids is 1. The van der Waals surface area contributed by atoms with Crippen LogP contribution in [0.5, 0.6) is 5.88 Å². The largest absolute Gasteiger partial charge is 0.471 e. The van der Waals surface area contributed by atoms with Crippen molar-refractivity contribution < 1.29 is 22.7 Å². The highest BCUT2D eigenvalue weighted by molar-refractivity contribution is 6.12. The van der Waals surface area contributed by atoms with Crippen LogP contribution in [0, 0.1) is 5.82 Å². The molecule has 0 radical (unpaired) electrons. The molecule has 0 atom stereocenters. The molecule has 2 aromatic heterocycles. The summed E-state index contributed by atoms with van der Waals surface area (Å²) in [6.45, 7) is 2.64. The minimum absolute atomic E-state index is 0.0533. The van der Waals surface area contributed by atoms with Crippen molar-refractivity contribution in [2.24, 2.45) is 0 Å². The molecule has 172 valence electrons. The molecule has 1 aliphatic rings. The zero-order valence-corrected chi connectivity index (χ0v) is 18.3. The number of alkyl halides is 2. The number of allylic oxidation sites excluding steroid dienone is 2. The highest BCUT2D eigenvalue weighted by Crippen LogP contribution is 2.30. The maximum Gasteiger partial charge on any atom is 0.278 e. The molecule has 4 rings (SSSR count). The van der Waals surface area contributed by atoms with E-state index in [0.717, 1.165) is 25.5 Å². The summed E-state index contributed by atoms with van der Waals surface area (Å²) < 4.78 is 48.3. The van der Waals surface area contributed by atoms with Gasteiger partial charge >= 0.3 is 0 Å². The third-order valence-corrected chi connectivity index (χ3v) is 5.27. The van der Waals surface area contributed by atoms with Gasteiger partial charge in [-0.3, -0.25) is 9.48 Å². The first-order chi connectivity index (χ1) is 15.7. The van der Waals surface area contributed by atoms with Crippen LogP contribution in [0.25, 0.3) is 11.1 Å². The van der Waals surface area contributed by atoms with Gasteiger partial charge in [0.05, 0.1) is 11.9 Å². The molecule has 0 amide bonds. The van der Waals surface area contributed by atoms with E-state index < -0.39 is 24.1 Å². The van der Waals surface area contributed by atoms with Crippen LogP contribution in [0.1, 0.15) is 41.9 Å². The van der Waals surface area contributed by atoms with Crippen LogP contribution in [0.4, 0.5) is 13.2 Å². The number of nitrogens with zero attached hydrogens (tertiary/aromatic N) is 4. The number of fused-ring (bicyclic) bond motifs is 1. The second-order valence-corrected chi connectivity index (χ2v) is 8.10. The average Bonchev–Trinajstić information content (AvgIpc) is 3.24. The normalized spacial score (nSPS) is 13.6. The fourth-order valence-corrected chi connectivity index (χ4v) is 3.66. The van der Waals surface area contributed by atoms with Crippen LogP contribution < -0.4 is 4.74 Å². The molecule has 0 saturated heterocycles. The summed E-state index contributed by atoms with van der Waals surface area (Å²) in [5.41, 5.74) is 2.64. The lowest BCUT2D eigenvalue weighted by Gasteiger charge is -2.19. The maximum atomic E-state index is 14.9. The summed E-state index contributed by atoms with van der Waals surface area (Å²) in [4.78, 5) is 21.0. The lowest BCUT2D eigenvalue weighted by Crippen LogP contribution is -2.24. The SMILES string of the molecule is CCCn1cc(-c2ccc(CC3=CCc4ncnc(OCC(C)(F)F)c4C3=O)c(F)c2)cn1. The Labute approximate surface area is 189 Å². The van der Waals surface area contributed by atoms with Gasteiger partial charge in [-0.2, -0.15) is 5.10 Å². The van der Waals surface area contributed by atoms with Gasteiger partial charge in [0.15, 0.2) is 12.4 Å². The standard InChI is InChI=1S/C24H23F3N4O2/c1-3-8-31-12-18(11-30-31)15-4-5-16(19(25)10-15)9-17-6-7-20-21(22(17)32)23(29-14-28-20)33-13-24(2,26)27/h4-6,10-12,14H,3,7-9,13H2,1-2H3. The number of hydrogen-bond acceptors (Lipinski definition) is 5. The average molecular weight is 456 g/mol. The highest BCUT2D eigenvalue weighted by atomic mass is 19.3. The number of ether oxygens (including phenoxy) is 1. The summed E-state index contributed by atoms with van der Waals surface area (Å²) in [5.74, 6) is -4.15. The Hall–Kier alpha value is -3.49. The molecule has 0 bridgehead atoms. The van der Waals surface area contributed by atoms with Gasteiger partial charge in [0.1, 0.15) is 17.7 Å². The number of aryl methyl sites for hydroxylation is 1. The topological polar surface area (TPSA) is 69.9 Å². The number of Topliss-reactive ketones (excluding diaryl/α,β-unsaturated/α-hetero) is 1. The summed E-state index contributed by atoms with van der Waals surface area (Å²) in [7, 11) is 0. The predicted octanol–water partition coefficient (Wildman–Crippen LogP) is 4.83. The molecule has 9 heteroatoms. The van der Waals surface area contributed by atoms with Crippen molar-refractivity contribution in [3.8, 4) is 17.0 Å². The molecule has 0 fully saturated rings. The van der Waals surface area contributed by atoms with Gasteiger partial charge in [-0.1, -0.05) is 25.1 Å². The zero-order valence-electron chi connectivity index (χ0n) is 18.3. The van der Waals surface area contributed by atoms with Gasteiger partial charge < -0.3 is 4.74 Å². The summed E-state index contributed by atoms with van der Waals surface area (Å²) in [6, 6.07) is 4.85. The smallest absolute Gasteiger partial charge is 0.278 e. The van der Waals surface area contributed by atoms with Crippen molar-refractivity contribution >= 4 is 5.78 Å². The Morgan fingerprint density at radius 2 is 2.03 bits per heavy atom. The second-order valence-electron chi connectivity index (χ2n) is 8.10. The highest BCUT2D eigenvalue weighted by Gasteiger charge is 2.29. The Balaban J connectivity index is 1.54. The summed E-state index contributed by atoms with van der Waals surface area (Å²) in [6.07, 6.45) is 7.71. The number of halogens is 3. The molecule has 0 unspecified atom stereocenters. The number of aromatic nitrogens is 4. The molecular weight excluding hydrogens is 433 g/mol. The van der Waals surface area contributed by atoms with Gasteiger partial charge in [-0.15, -0.1) is 0 Å². The van der Waals surface area contributed by atoms with Gasteiger partial charge in [0.2, 0.25) is 5.88 Å². The minimum atomic E-state index is -3.08.